The van der Waals surface area contributed by atoms with Crippen molar-refractivity contribution in [1.29, 1.82) is 0 Å². The monoisotopic (exact) mass is 449 g/mol. The number of hydrogen-bond donors (Lipinski definition) is 1. The molecule has 0 bridgehead atoms. The Bertz CT molecular complexity index is 986. The van der Waals surface area contributed by atoms with Gasteiger partial charge in [0, 0.05) is 33.9 Å². The Labute approximate surface area is 184 Å². The molecule has 0 aliphatic rings. The molecule has 0 aliphatic heterocycles. The number of nitrogens with two attached hydrogens (primary N) is 1. The summed E-state index contributed by atoms with van der Waals surface area (Å²) in [5, 5.41) is 2.20. The van der Waals surface area contributed by atoms with Gasteiger partial charge in [-0.15, -0.1) is 0 Å². The van der Waals surface area contributed by atoms with Crippen molar-refractivity contribution < 1.29 is 9.53 Å². The molecule has 0 aliphatic carbocycles. The van der Waals surface area contributed by atoms with E-state index in [9.17, 15) is 4.79 Å². The van der Waals surface area contributed by atoms with Crippen molar-refractivity contribution in [2.75, 3.05) is 0 Å². The molecule has 152 valence electrons. The molecule has 3 rings (SSSR count). The van der Waals surface area contributed by atoms with Gasteiger partial charge < -0.3 is 15.0 Å². The minimum absolute atomic E-state index is 0.0942. The van der Waals surface area contributed by atoms with Crippen LogP contribution in [0.3, 0.4) is 0 Å². The number of halogens is 2. The molecule has 29 heavy (non-hydrogen) atoms. The van der Waals surface area contributed by atoms with E-state index in [-0.39, 0.29) is 12.5 Å². The third-order valence-electron chi connectivity index (χ3n) is 4.29. The first-order chi connectivity index (χ1) is 13.8. The van der Waals surface area contributed by atoms with E-state index in [1.54, 1.807) is 30.2 Å². The third-order valence-corrected chi connectivity index (χ3v) is 5.84. The van der Waals surface area contributed by atoms with E-state index < -0.39 is 6.09 Å². The highest BCUT2D eigenvalue weighted by Crippen LogP contribution is 2.39. The molecule has 2 aromatic heterocycles. The quantitative estimate of drug-likeness (QED) is 0.472. The van der Waals surface area contributed by atoms with Crippen LogP contribution in [0.1, 0.15) is 36.6 Å². The maximum Gasteiger partial charge on any atom is 0.404 e. The first-order valence-corrected chi connectivity index (χ1v) is 10.6. The molecule has 0 radical (unpaired) electrons. The normalized spacial score (nSPS) is 11.1. The molecule has 0 saturated carbocycles. The lowest BCUT2D eigenvalue weighted by Gasteiger charge is -2.15. The van der Waals surface area contributed by atoms with Crippen molar-refractivity contribution in [1.82, 2.24) is 9.55 Å². The second-order valence-electron chi connectivity index (χ2n) is 6.81. The van der Waals surface area contributed by atoms with Crippen LogP contribution >= 0.6 is 35.0 Å². The lowest BCUT2D eigenvalue weighted by molar-refractivity contribution is 0.147. The van der Waals surface area contributed by atoms with Gasteiger partial charge in [0.05, 0.1) is 10.7 Å². The van der Waals surface area contributed by atoms with Gasteiger partial charge in [-0.2, -0.15) is 0 Å². The van der Waals surface area contributed by atoms with Crippen molar-refractivity contribution >= 4 is 41.1 Å². The molecule has 2 heterocycles. The standard InChI is InChI=1S/C21H21Cl2N3O2S/c1-13(2)19-10-17(12-28-21(24)27)26(11-14-3-5-25-6-4-14)20(19)29-18-8-15(22)7-16(23)9-18/h3-10,13H,11-12H2,1-2H3,(H2,24,27). The Morgan fingerprint density at radius 3 is 2.41 bits per heavy atom. The number of carbonyl (C=O) groups excluding carboxylic acids is 1. The van der Waals surface area contributed by atoms with E-state index in [2.05, 4.69) is 29.5 Å². The van der Waals surface area contributed by atoms with Crippen LogP contribution in [0.5, 0.6) is 0 Å². The number of ether oxygens (including phenoxy) is 1. The van der Waals surface area contributed by atoms with E-state index in [1.165, 1.54) is 0 Å². The van der Waals surface area contributed by atoms with Gasteiger partial charge in [0.15, 0.2) is 0 Å². The Hall–Kier alpha value is -2.15. The number of rotatable bonds is 7. The number of amides is 1. The van der Waals surface area contributed by atoms with Crippen LogP contribution in [-0.2, 0) is 17.9 Å². The molecule has 0 saturated heterocycles. The second kappa shape index (κ2) is 9.57. The molecule has 1 aromatic carbocycles. The van der Waals surface area contributed by atoms with Crippen molar-refractivity contribution in [3.63, 3.8) is 0 Å². The summed E-state index contributed by atoms with van der Waals surface area (Å²) in [5.41, 5.74) is 8.27. The van der Waals surface area contributed by atoms with Gasteiger partial charge in [-0.05, 0) is 53.4 Å². The van der Waals surface area contributed by atoms with Gasteiger partial charge in [-0.3, -0.25) is 4.98 Å². The van der Waals surface area contributed by atoms with Gasteiger partial charge in [0.25, 0.3) is 0 Å². The molecule has 1 amide bonds. The van der Waals surface area contributed by atoms with E-state index in [0.717, 1.165) is 26.7 Å². The maximum absolute atomic E-state index is 11.2. The SMILES string of the molecule is CC(C)c1cc(COC(N)=O)n(Cc2ccncc2)c1Sc1cc(Cl)cc(Cl)c1. The van der Waals surface area contributed by atoms with Crippen LogP contribution in [0, 0.1) is 0 Å². The molecule has 5 nitrogen and oxygen atoms in total. The largest absolute Gasteiger partial charge is 0.443 e. The molecule has 0 spiro atoms. The van der Waals surface area contributed by atoms with Gasteiger partial charge >= 0.3 is 6.09 Å². The predicted molar refractivity (Wildman–Crippen MR) is 117 cm³/mol. The summed E-state index contributed by atoms with van der Waals surface area (Å²) in [5.74, 6) is 0.262. The second-order valence-corrected chi connectivity index (χ2v) is 8.74. The Kier molecular flexibility index (Phi) is 7.11. The molecule has 0 fully saturated rings. The zero-order valence-corrected chi connectivity index (χ0v) is 18.4. The van der Waals surface area contributed by atoms with Crippen LogP contribution in [0.25, 0.3) is 0 Å². The zero-order valence-electron chi connectivity index (χ0n) is 16.1. The van der Waals surface area contributed by atoms with Crippen molar-refractivity contribution in [2.45, 2.75) is 42.8 Å². The summed E-state index contributed by atoms with van der Waals surface area (Å²) in [6.45, 7) is 4.94. The summed E-state index contributed by atoms with van der Waals surface area (Å²) < 4.78 is 7.23. The lowest BCUT2D eigenvalue weighted by Crippen LogP contribution is -2.15. The first kappa shape index (κ1) is 21.6. The minimum Gasteiger partial charge on any atom is -0.443 e. The fourth-order valence-electron chi connectivity index (χ4n) is 2.94. The van der Waals surface area contributed by atoms with Crippen molar-refractivity contribution in [3.8, 4) is 0 Å². The van der Waals surface area contributed by atoms with Crippen LogP contribution < -0.4 is 5.73 Å². The van der Waals surface area contributed by atoms with Crippen LogP contribution in [0.15, 0.2) is 58.7 Å². The Balaban J connectivity index is 2.08. The third kappa shape index (κ3) is 5.69. The Morgan fingerprint density at radius 2 is 1.83 bits per heavy atom. The summed E-state index contributed by atoms with van der Waals surface area (Å²) in [6, 6.07) is 11.4. The number of nitrogens with zero attached hydrogens (tertiary/aromatic N) is 2. The molecular weight excluding hydrogens is 429 g/mol. The fraction of sp³-hybridized carbons (Fsp3) is 0.238. The average Bonchev–Trinajstić information content (AvgIpc) is 2.97. The maximum atomic E-state index is 11.2. The number of pyridine rings is 1. The first-order valence-electron chi connectivity index (χ1n) is 9.01. The van der Waals surface area contributed by atoms with Gasteiger partial charge in [-0.25, -0.2) is 4.79 Å². The summed E-state index contributed by atoms with van der Waals surface area (Å²) in [6.07, 6.45) is 2.71. The minimum atomic E-state index is -0.802. The van der Waals surface area contributed by atoms with E-state index in [0.29, 0.717) is 16.6 Å². The number of hydrogen-bond acceptors (Lipinski definition) is 4. The number of benzene rings is 1. The van der Waals surface area contributed by atoms with E-state index >= 15 is 0 Å². The lowest BCUT2D eigenvalue weighted by atomic mass is 10.1. The van der Waals surface area contributed by atoms with E-state index in [1.807, 2.05) is 24.3 Å². The number of primary amides is 1. The molecular formula is C21H21Cl2N3O2S. The highest BCUT2D eigenvalue weighted by Gasteiger charge is 2.20. The highest BCUT2D eigenvalue weighted by molar-refractivity contribution is 7.99. The van der Waals surface area contributed by atoms with Gasteiger partial charge in [-0.1, -0.05) is 48.8 Å². The summed E-state index contributed by atoms with van der Waals surface area (Å²) in [7, 11) is 0. The highest BCUT2D eigenvalue weighted by atomic mass is 35.5. The molecule has 3 aromatic rings. The van der Waals surface area contributed by atoms with Crippen molar-refractivity contribution in [2.24, 2.45) is 5.73 Å². The van der Waals surface area contributed by atoms with Gasteiger partial charge in [0.1, 0.15) is 6.61 Å². The van der Waals surface area contributed by atoms with Crippen LogP contribution in [0.2, 0.25) is 10.0 Å². The average molecular weight is 450 g/mol. The van der Waals surface area contributed by atoms with Crippen molar-refractivity contribution in [3.05, 3.63) is 75.7 Å². The number of carbonyl (C=O) groups is 1. The topological polar surface area (TPSA) is 70.1 Å². The zero-order chi connectivity index (χ0) is 21.0. The number of aromatic nitrogens is 2. The smallest absolute Gasteiger partial charge is 0.404 e. The van der Waals surface area contributed by atoms with Crippen LogP contribution in [-0.4, -0.2) is 15.6 Å². The van der Waals surface area contributed by atoms with Gasteiger partial charge in [0.2, 0.25) is 0 Å². The molecule has 2 N–H and O–H groups in total. The molecule has 0 unspecified atom stereocenters. The predicted octanol–water partition coefficient (Wildman–Crippen LogP) is 6.11. The van der Waals surface area contributed by atoms with E-state index in [4.69, 9.17) is 33.7 Å². The summed E-state index contributed by atoms with van der Waals surface area (Å²) in [4.78, 5) is 16.2. The summed E-state index contributed by atoms with van der Waals surface area (Å²) >= 11 is 14.0. The Morgan fingerprint density at radius 1 is 1.17 bits per heavy atom. The van der Waals surface area contributed by atoms with Crippen LogP contribution in [0.4, 0.5) is 4.79 Å². The fourth-order valence-corrected chi connectivity index (χ4v) is 4.90. The molecule has 8 heteroatoms. The molecule has 0 atom stereocenters.